The minimum atomic E-state index is -0.378. The predicted molar refractivity (Wildman–Crippen MR) is 107 cm³/mol. The molecular weight excluding hydrogens is 348 g/mol. The molecule has 1 atom stereocenters. The van der Waals surface area contributed by atoms with Crippen molar-refractivity contribution in [3.63, 3.8) is 0 Å². The number of hydrogen-bond acceptors (Lipinski definition) is 6. The van der Waals surface area contributed by atoms with Gasteiger partial charge in [0.25, 0.3) is 0 Å². The molecule has 1 aliphatic rings. The van der Waals surface area contributed by atoms with Crippen LogP contribution in [0, 0.1) is 6.92 Å². The van der Waals surface area contributed by atoms with Crippen molar-refractivity contribution in [2.75, 3.05) is 41.8 Å². The summed E-state index contributed by atoms with van der Waals surface area (Å²) in [6, 6.07) is 9.64. The highest BCUT2D eigenvalue weighted by atomic mass is 32.2. The van der Waals surface area contributed by atoms with E-state index in [2.05, 4.69) is 32.8 Å². The third-order valence-corrected chi connectivity index (χ3v) is 5.37. The van der Waals surface area contributed by atoms with Crippen LogP contribution in [0.25, 0.3) is 0 Å². The summed E-state index contributed by atoms with van der Waals surface area (Å²) in [5, 5.41) is 9.69. The van der Waals surface area contributed by atoms with Crippen molar-refractivity contribution in [3.8, 4) is 0 Å². The number of nitrogens with zero attached hydrogens (tertiary/aromatic N) is 2. The van der Waals surface area contributed by atoms with Gasteiger partial charge >= 0.3 is 0 Å². The molecule has 3 rings (SSSR count). The molecule has 1 saturated heterocycles. The van der Waals surface area contributed by atoms with E-state index < -0.39 is 0 Å². The van der Waals surface area contributed by atoms with Crippen LogP contribution < -0.4 is 10.6 Å². The fourth-order valence-electron chi connectivity index (χ4n) is 2.85. The first kappa shape index (κ1) is 18.8. The van der Waals surface area contributed by atoms with Gasteiger partial charge in [-0.15, -0.1) is 0 Å². The molecule has 2 aromatic rings. The molecule has 0 aliphatic carbocycles. The van der Waals surface area contributed by atoms with Gasteiger partial charge in [0.15, 0.2) is 0 Å². The van der Waals surface area contributed by atoms with Gasteiger partial charge in [0.2, 0.25) is 11.8 Å². The molecule has 1 aromatic heterocycles. The summed E-state index contributed by atoms with van der Waals surface area (Å²) < 4.78 is 5.01. The van der Waals surface area contributed by atoms with E-state index in [4.69, 9.17) is 4.52 Å². The van der Waals surface area contributed by atoms with Crippen LogP contribution in [0.2, 0.25) is 0 Å². The van der Waals surface area contributed by atoms with Crippen molar-refractivity contribution in [2.45, 2.75) is 26.3 Å². The summed E-state index contributed by atoms with van der Waals surface area (Å²) in [6.07, 6.45) is 1.06. The number of rotatable bonds is 7. The molecule has 0 bridgehead atoms. The molecule has 2 N–H and O–H groups in total. The Bertz CT molecular complexity index is 711. The summed E-state index contributed by atoms with van der Waals surface area (Å²) in [5.74, 6) is 2.70. The fourth-order valence-corrected chi connectivity index (χ4v) is 3.83. The normalized spacial score (nSPS) is 16.2. The second-order valence-corrected chi connectivity index (χ2v) is 7.81. The van der Waals surface area contributed by atoms with Gasteiger partial charge in [-0.25, -0.2) is 0 Å². The van der Waals surface area contributed by atoms with Crippen molar-refractivity contribution in [2.24, 2.45) is 0 Å². The van der Waals surface area contributed by atoms with E-state index in [-0.39, 0.29) is 11.9 Å². The summed E-state index contributed by atoms with van der Waals surface area (Å²) >= 11 is 2.04. The Labute approximate surface area is 158 Å². The van der Waals surface area contributed by atoms with E-state index in [1.807, 2.05) is 37.7 Å². The second-order valence-electron chi connectivity index (χ2n) is 6.59. The minimum absolute atomic E-state index is 0.159. The van der Waals surface area contributed by atoms with Crippen molar-refractivity contribution >= 4 is 29.2 Å². The third-order valence-electron chi connectivity index (χ3n) is 4.43. The molecule has 0 unspecified atom stereocenters. The smallest absolute Gasteiger partial charge is 0.248 e. The highest BCUT2D eigenvalue weighted by Crippen LogP contribution is 2.15. The van der Waals surface area contributed by atoms with Crippen LogP contribution in [0.5, 0.6) is 0 Å². The topological polar surface area (TPSA) is 70.4 Å². The van der Waals surface area contributed by atoms with E-state index >= 15 is 0 Å². The summed E-state index contributed by atoms with van der Waals surface area (Å²) in [7, 11) is 0. The van der Waals surface area contributed by atoms with Crippen molar-refractivity contribution < 1.29 is 9.32 Å². The molecule has 2 heterocycles. The number of amides is 1. The monoisotopic (exact) mass is 374 g/mol. The van der Waals surface area contributed by atoms with Crippen molar-refractivity contribution in [3.05, 3.63) is 41.6 Å². The number of anilines is 2. The van der Waals surface area contributed by atoms with E-state index in [0.29, 0.717) is 5.88 Å². The molecule has 1 aromatic carbocycles. The number of hydrogen-bond donors (Lipinski definition) is 2. The van der Waals surface area contributed by atoms with Crippen LogP contribution >= 0.6 is 11.8 Å². The maximum absolute atomic E-state index is 12.2. The highest BCUT2D eigenvalue weighted by molar-refractivity contribution is 7.99. The average Bonchev–Trinajstić information content (AvgIpc) is 3.06. The molecule has 26 heavy (non-hydrogen) atoms. The Hall–Kier alpha value is -1.99. The molecule has 1 fully saturated rings. The zero-order chi connectivity index (χ0) is 18.4. The van der Waals surface area contributed by atoms with Crippen LogP contribution in [0.1, 0.15) is 18.2 Å². The number of carbonyl (C=O) groups excluding carboxylic acids is 1. The van der Waals surface area contributed by atoms with Gasteiger partial charge in [-0.05, 0) is 38.0 Å². The largest absolute Gasteiger partial charge is 0.374 e. The number of aromatic nitrogens is 1. The van der Waals surface area contributed by atoms with Gasteiger partial charge in [-0.1, -0.05) is 17.3 Å². The maximum Gasteiger partial charge on any atom is 0.248 e. The number of aryl methyl sites for hydroxylation is 1. The van der Waals surface area contributed by atoms with E-state index in [9.17, 15) is 4.79 Å². The zero-order valence-electron chi connectivity index (χ0n) is 15.3. The Balaban J connectivity index is 1.46. The molecule has 0 saturated carbocycles. The van der Waals surface area contributed by atoms with Crippen LogP contribution in [-0.4, -0.2) is 53.1 Å². The van der Waals surface area contributed by atoms with Gasteiger partial charge < -0.3 is 14.7 Å². The molecule has 0 spiro atoms. The van der Waals surface area contributed by atoms with Crippen LogP contribution in [0.15, 0.2) is 34.9 Å². The minimum Gasteiger partial charge on any atom is -0.374 e. The molecular formula is C19H26N4O2S. The van der Waals surface area contributed by atoms with Gasteiger partial charge in [-0.3, -0.25) is 10.1 Å². The zero-order valence-corrected chi connectivity index (χ0v) is 16.1. The van der Waals surface area contributed by atoms with E-state index in [0.717, 1.165) is 24.3 Å². The molecule has 0 radical (unpaired) electrons. The molecule has 1 amide bonds. The number of nitrogens with one attached hydrogen (secondary N) is 2. The van der Waals surface area contributed by atoms with Gasteiger partial charge in [0, 0.05) is 42.9 Å². The number of thioether (sulfide) groups is 1. The fraction of sp³-hybridized carbons (Fsp3) is 0.474. The Morgan fingerprint density at radius 1 is 1.31 bits per heavy atom. The molecule has 140 valence electrons. The Kier molecular flexibility index (Phi) is 6.57. The first-order chi connectivity index (χ1) is 12.6. The summed E-state index contributed by atoms with van der Waals surface area (Å²) in [6.45, 7) is 7.14. The van der Waals surface area contributed by atoms with Gasteiger partial charge in [-0.2, -0.15) is 11.8 Å². The van der Waals surface area contributed by atoms with E-state index in [1.54, 1.807) is 6.07 Å². The number of carbonyl (C=O) groups is 1. The average molecular weight is 375 g/mol. The lowest BCUT2D eigenvalue weighted by Gasteiger charge is -2.26. The lowest BCUT2D eigenvalue weighted by molar-refractivity contribution is -0.116. The lowest BCUT2D eigenvalue weighted by Crippen LogP contribution is -2.34. The SMILES string of the molecule is Cc1cc(NC(=O)[C@H](C)Nc2ccc(CCN3CCSCC3)cc2)on1. The second kappa shape index (κ2) is 9.09. The predicted octanol–water partition coefficient (Wildman–Crippen LogP) is 3.01. The summed E-state index contributed by atoms with van der Waals surface area (Å²) in [5.41, 5.74) is 2.99. The lowest BCUT2D eigenvalue weighted by atomic mass is 10.1. The highest BCUT2D eigenvalue weighted by Gasteiger charge is 2.15. The first-order valence-electron chi connectivity index (χ1n) is 9.00. The molecule has 6 nitrogen and oxygen atoms in total. The Morgan fingerprint density at radius 3 is 2.69 bits per heavy atom. The van der Waals surface area contributed by atoms with Gasteiger partial charge in [0.1, 0.15) is 6.04 Å². The van der Waals surface area contributed by atoms with Crippen molar-refractivity contribution in [1.29, 1.82) is 0 Å². The Morgan fingerprint density at radius 2 is 2.04 bits per heavy atom. The summed E-state index contributed by atoms with van der Waals surface area (Å²) in [4.78, 5) is 14.7. The molecule has 7 heteroatoms. The van der Waals surface area contributed by atoms with Crippen LogP contribution in [0.3, 0.4) is 0 Å². The van der Waals surface area contributed by atoms with Gasteiger partial charge in [0.05, 0.1) is 5.69 Å². The number of benzene rings is 1. The van der Waals surface area contributed by atoms with Crippen LogP contribution in [0.4, 0.5) is 11.6 Å². The van der Waals surface area contributed by atoms with Crippen LogP contribution in [-0.2, 0) is 11.2 Å². The quantitative estimate of drug-likeness (QED) is 0.776. The standard InChI is InChI=1S/C19H26N4O2S/c1-14-13-18(25-22-14)21-19(24)15(2)20-17-5-3-16(4-6-17)7-8-23-9-11-26-12-10-23/h3-6,13,15,20H,7-12H2,1-2H3,(H,21,24)/t15-/m0/s1. The molecule has 1 aliphatic heterocycles. The van der Waals surface area contributed by atoms with E-state index in [1.165, 1.54) is 30.2 Å². The first-order valence-corrected chi connectivity index (χ1v) is 10.2. The third kappa shape index (κ3) is 5.51. The van der Waals surface area contributed by atoms with Crippen molar-refractivity contribution in [1.82, 2.24) is 10.1 Å². The maximum atomic E-state index is 12.2.